The van der Waals surface area contributed by atoms with E-state index in [9.17, 15) is 0 Å². The van der Waals surface area contributed by atoms with Gasteiger partial charge in [-0.1, -0.05) is 37.9 Å². The normalized spacial score (nSPS) is 12.7. The lowest BCUT2D eigenvalue weighted by molar-refractivity contribution is 0.205. The Morgan fingerprint density at radius 2 is 2.11 bits per heavy atom. The third kappa shape index (κ3) is 4.10. The van der Waals surface area contributed by atoms with E-state index in [2.05, 4.69) is 18.7 Å². The second-order valence-electron chi connectivity index (χ2n) is 4.59. The minimum absolute atomic E-state index is 0.111. The van der Waals surface area contributed by atoms with E-state index in [4.69, 9.17) is 22.1 Å². The van der Waals surface area contributed by atoms with Gasteiger partial charge in [0.1, 0.15) is 5.75 Å². The molecule has 0 heterocycles. The summed E-state index contributed by atoms with van der Waals surface area (Å²) in [5.41, 5.74) is 7.00. The lowest BCUT2D eigenvalue weighted by Gasteiger charge is -2.31. The molecule has 0 bridgehead atoms. The zero-order valence-electron chi connectivity index (χ0n) is 12.2. The molecule has 1 rings (SSSR count). The summed E-state index contributed by atoms with van der Waals surface area (Å²) in [4.78, 5) is 2.37. The topological polar surface area (TPSA) is 38.5 Å². The third-order valence-corrected chi connectivity index (χ3v) is 3.76. The SMILES string of the molecule is CCCCN(CC)C(CN)c1c(Cl)cccc1OC. The molecule has 0 fully saturated rings. The molecule has 0 aliphatic heterocycles. The predicted molar refractivity (Wildman–Crippen MR) is 82.0 cm³/mol. The van der Waals surface area contributed by atoms with Gasteiger partial charge in [0, 0.05) is 17.1 Å². The maximum absolute atomic E-state index is 6.35. The first kappa shape index (κ1) is 16.3. The smallest absolute Gasteiger partial charge is 0.125 e. The Balaban J connectivity index is 3.07. The lowest BCUT2D eigenvalue weighted by Crippen LogP contribution is -2.34. The molecule has 1 aromatic rings. The van der Waals surface area contributed by atoms with E-state index < -0.39 is 0 Å². The van der Waals surface area contributed by atoms with Gasteiger partial charge < -0.3 is 10.5 Å². The summed E-state index contributed by atoms with van der Waals surface area (Å²) >= 11 is 6.35. The maximum Gasteiger partial charge on any atom is 0.125 e. The van der Waals surface area contributed by atoms with Crippen LogP contribution in [0.25, 0.3) is 0 Å². The maximum atomic E-state index is 6.35. The highest BCUT2D eigenvalue weighted by Crippen LogP contribution is 2.34. The third-order valence-electron chi connectivity index (χ3n) is 3.44. The van der Waals surface area contributed by atoms with Gasteiger partial charge >= 0.3 is 0 Å². The number of rotatable bonds is 8. The van der Waals surface area contributed by atoms with Crippen molar-refractivity contribution in [1.82, 2.24) is 4.90 Å². The first-order valence-electron chi connectivity index (χ1n) is 6.96. The molecule has 0 aliphatic carbocycles. The van der Waals surface area contributed by atoms with Crippen LogP contribution >= 0.6 is 11.6 Å². The van der Waals surface area contributed by atoms with Crippen LogP contribution < -0.4 is 10.5 Å². The molecule has 1 unspecified atom stereocenters. The Labute approximate surface area is 121 Å². The van der Waals surface area contributed by atoms with Gasteiger partial charge in [0.2, 0.25) is 0 Å². The summed E-state index contributed by atoms with van der Waals surface area (Å²) in [5.74, 6) is 0.817. The average molecular weight is 285 g/mol. The molecule has 108 valence electrons. The summed E-state index contributed by atoms with van der Waals surface area (Å²) < 4.78 is 5.44. The molecule has 2 N–H and O–H groups in total. The van der Waals surface area contributed by atoms with Crippen molar-refractivity contribution in [3.8, 4) is 5.75 Å². The zero-order valence-corrected chi connectivity index (χ0v) is 12.9. The fraction of sp³-hybridized carbons (Fsp3) is 0.600. The van der Waals surface area contributed by atoms with Crippen LogP contribution in [0.4, 0.5) is 0 Å². The Hall–Kier alpha value is -0.770. The van der Waals surface area contributed by atoms with Crippen LogP contribution in [0.15, 0.2) is 18.2 Å². The van der Waals surface area contributed by atoms with Crippen molar-refractivity contribution in [2.75, 3.05) is 26.7 Å². The molecule has 0 saturated carbocycles. The van der Waals surface area contributed by atoms with Crippen LogP contribution in [-0.4, -0.2) is 31.6 Å². The fourth-order valence-electron chi connectivity index (χ4n) is 2.36. The number of likely N-dealkylation sites (N-methyl/N-ethyl adjacent to an activating group) is 1. The van der Waals surface area contributed by atoms with Crippen LogP contribution in [0.1, 0.15) is 38.3 Å². The fourth-order valence-corrected chi connectivity index (χ4v) is 2.66. The van der Waals surface area contributed by atoms with E-state index in [0.717, 1.165) is 35.8 Å². The Morgan fingerprint density at radius 3 is 2.63 bits per heavy atom. The molecular formula is C15H25ClN2O. The lowest BCUT2D eigenvalue weighted by atomic mass is 10.0. The van der Waals surface area contributed by atoms with Gasteiger partial charge in [-0.25, -0.2) is 0 Å². The van der Waals surface area contributed by atoms with E-state index in [1.54, 1.807) is 7.11 Å². The van der Waals surface area contributed by atoms with E-state index in [1.165, 1.54) is 6.42 Å². The predicted octanol–water partition coefficient (Wildman–Crippen LogP) is 3.47. The molecule has 1 atom stereocenters. The van der Waals surface area contributed by atoms with E-state index in [-0.39, 0.29) is 6.04 Å². The molecular weight excluding hydrogens is 260 g/mol. The van der Waals surface area contributed by atoms with Crippen molar-refractivity contribution >= 4 is 11.6 Å². The summed E-state index contributed by atoms with van der Waals surface area (Å²) in [5, 5.41) is 0.727. The Kier molecular flexibility index (Phi) is 7.21. The molecule has 3 nitrogen and oxygen atoms in total. The van der Waals surface area contributed by atoms with Crippen molar-refractivity contribution in [2.45, 2.75) is 32.7 Å². The van der Waals surface area contributed by atoms with Crippen molar-refractivity contribution in [3.05, 3.63) is 28.8 Å². The molecule has 0 radical (unpaired) electrons. The van der Waals surface area contributed by atoms with E-state index in [1.807, 2.05) is 18.2 Å². The highest BCUT2D eigenvalue weighted by Gasteiger charge is 2.23. The van der Waals surface area contributed by atoms with Crippen LogP contribution in [-0.2, 0) is 0 Å². The number of nitrogens with two attached hydrogens (primary N) is 1. The number of methoxy groups -OCH3 is 1. The van der Waals surface area contributed by atoms with Crippen LogP contribution in [0, 0.1) is 0 Å². The van der Waals surface area contributed by atoms with E-state index in [0.29, 0.717) is 6.54 Å². The summed E-state index contributed by atoms with van der Waals surface area (Å²) in [6, 6.07) is 5.86. The monoisotopic (exact) mass is 284 g/mol. The number of nitrogens with zero attached hydrogens (tertiary/aromatic N) is 1. The zero-order chi connectivity index (χ0) is 14.3. The number of halogens is 1. The largest absolute Gasteiger partial charge is 0.496 e. The van der Waals surface area contributed by atoms with Crippen molar-refractivity contribution in [2.24, 2.45) is 5.73 Å². The van der Waals surface area contributed by atoms with Crippen LogP contribution in [0.3, 0.4) is 0 Å². The molecule has 0 aliphatic rings. The Morgan fingerprint density at radius 1 is 1.37 bits per heavy atom. The highest BCUT2D eigenvalue weighted by atomic mass is 35.5. The number of hydrogen-bond donors (Lipinski definition) is 1. The first-order valence-corrected chi connectivity index (χ1v) is 7.33. The van der Waals surface area contributed by atoms with Crippen LogP contribution in [0.2, 0.25) is 5.02 Å². The van der Waals surface area contributed by atoms with E-state index >= 15 is 0 Å². The minimum atomic E-state index is 0.111. The number of benzene rings is 1. The van der Waals surface area contributed by atoms with Gasteiger partial charge in [-0.2, -0.15) is 0 Å². The average Bonchev–Trinajstić information content (AvgIpc) is 2.44. The van der Waals surface area contributed by atoms with Crippen molar-refractivity contribution in [1.29, 1.82) is 0 Å². The summed E-state index contributed by atoms with van der Waals surface area (Å²) in [6.45, 7) is 6.88. The number of hydrogen-bond acceptors (Lipinski definition) is 3. The van der Waals surface area contributed by atoms with Gasteiger partial charge in [-0.3, -0.25) is 4.90 Å². The van der Waals surface area contributed by atoms with Gasteiger partial charge in [-0.15, -0.1) is 0 Å². The second kappa shape index (κ2) is 8.41. The van der Waals surface area contributed by atoms with Gasteiger partial charge in [-0.05, 0) is 31.6 Å². The summed E-state index contributed by atoms with van der Waals surface area (Å²) in [6.07, 6.45) is 2.34. The number of ether oxygens (including phenoxy) is 1. The molecule has 4 heteroatoms. The highest BCUT2D eigenvalue weighted by molar-refractivity contribution is 6.31. The van der Waals surface area contributed by atoms with Crippen LogP contribution in [0.5, 0.6) is 5.75 Å². The van der Waals surface area contributed by atoms with Gasteiger partial charge in [0.15, 0.2) is 0 Å². The molecule has 0 spiro atoms. The van der Waals surface area contributed by atoms with Crippen molar-refractivity contribution in [3.63, 3.8) is 0 Å². The quantitative estimate of drug-likeness (QED) is 0.794. The minimum Gasteiger partial charge on any atom is -0.496 e. The standard InChI is InChI=1S/C15H25ClN2O/c1-4-6-10-18(5-2)13(11-17)15-12(16)8-7-9-14(15)19-3/h7-9,13H,4-6,10-11,17H2,1-3H3. The summed E-state index contributed by atoms with van der Waals surface area (Å²) in [7, 11) is 1.67. The second-order valence-corrected chi connectivity index (χ2v) is 5.00. The van der Waals surface area contributed by atoms with Gasteiger partial charge in [0.25, 0.3) is 0 Å². The van der Waals surface area contributed by atoms with Crippen molar-refractivity contribution < 1.29 is 4.74 Å². The molecule has 19 heavy (non-hydrogen) atoms. The first-order chi connectivity index (χ1) is 9.19. The van der Waals surface area contributed by atoms with Gasteiger partial charge in [0.05, 0.1) is 13.2 Å². The Bertz CT molecular complexity index is 384. The number of unbranched alkanes of at least 4 members (excludes halogenated alkanes) is 1. The molecule has 0 aromatic heterocycles. The molecule has 0 amide bonds. The molecule has 1 aromatic carbocycles. The molecule has 0 saturated heterocycles.